The summed E-state index contributed by atoms with van der Waals surface area (Å²) in [5.74, 6) is -0.122. The molecule has 1 aliphatic carbocycles. The van der Waals surface area contributed by atoms with E-state index in [-0.39, 0.29) is 29.8 Å². The summed E-state index contributed by atoms with van der Waals surface area (Å²) in [5, 5.41) is 3.56. The summed E-state index contributed by atoms with van der Waals surface area (Å²) in [6.45, 7) is -0.350. The molecular formula is C31H36ClN3O5S. The fourth-order valence-electron chi connectivity index (χ4n) is 5.04. The van der Waals surface area contributed by atoms with Crippen LogP contribution in [0.25, 0.3) is 0 Å². The number of amides is 2. The molecule has 1 saturated carbocycles. The first kappa shape index (κ1) is 30.6. The Morgan fingerprint density at radius 2 is 1.63 bits per heavy atom. The molecule has 1 aliphatic rings. The number of nitrogens with one attached hydrogen (secondary N) is 1. The molecule has 41 heavy (non-hydrogen) atoms. The number of ether oxygens (including phenoxy) is 1. The quantitative estimate of drug-likeness (QED) is 0.327. The predicted octanol–water partition coefficient (Wildman–Crippen LogP) is 4.67. The lowest BCUT2D eigenvalue weighted by Crippen LogP contribution is -2.54. The molecule has 218 valence electrons. The van der Waals surface area contributed by atoms with Gasteiger partial charge in [0.15, 0.2) is 0 Å². The molecule has 0 bridgehead atoms. The molecule has 2 amide bonds. The summed E-state index contributed by atoms with van der Waals surface area (Å²) in [5.41, 5.74) is 1.65. The molecular weight excluding hydrogens is 562 g/mol. The van der Waals surface area contributed by atoms with Gasteiger partial charge in [0.25, 0.3) is 0 Å². The second-order valence-corrected chi connectivity index (χ2v) is 12.8. The third kappa shape index (κ3) is 8.09. The van der Waals surface area contributed by atoms with Gasteiger partial charge in [0, 0.05) is 31.1 Å². The van der Waals surface area contributed by atoms with Crippen LogP contribution in [0.5, 0.6) is 5.75 Å². The van der Waals surface area contributed by atoms with Gasteiger partial charge in [-0.15, -0.1) is 0 Å². The lowest BCUT2D eigenvalue weighted by atomic mass is 10.0. The number of sulfonamides is 1. The van der Waals surface area contributed by atoms with E-state index < -0.39 is 28.5 Å². The molecule has 1 N–H and O–H groups in total. The number of nitrogens with zero attached hydrogens (tertiary/aromatic N) is 2. The molecule has 10 heteroatoms. The highest BCUT2D eigenvalue weighted by molar-refractivity contribution is 7.89. The van der Waals surface area contributed by atoms with Crippen molar-refractivity contribution in [3.8, 4) is 5.75 Å². The molecule has 4 rings (SSSR count). The summed E-state index contributed by atoms with van der Waals surface area (Å²) in [6, 6.07) is 21.8. The van der Waals surface area contributed by atoms with Crippen molar-refractivity contribution in [1.82, 2.24) is 14.5 Å². The van der Waals surface area contributed by atoms with Crippen LogP contribution in [0.4, 0.5) is 0 Å². The zero-order valence-electron chi connectivity index (χ0n) is 23.3. The molecule has 0 aromatic heterocycles. The SMILES string of the molecule is COc1cccc(CN(C(=O)CN(C)S(=O)(=O)c2ccc(Cl)cc2)[C@@H](Cc2ccccc2)C(=O)NC2CCCC2)c1. The van der Waals surface area contributed by atoms with Crippen LogP contribution in [0, 0.1) is 0 Å². The Morgan fingerprint density at radius 1 is 0.976 bits per heavy atom. The van der Waals surface area contributed by atoms with Gasteiger partial charge in [-0.3, -0.25) is 9.59 Å². The van der Waals surface area contributed by atoms with E-state index in [0.717, 1.165) is 41.1 Å². The first-order valence-electron chi connectivity index (χ1n) is 13.7. The Morgan fingerprint density at radius 3 is 2.29 bits per heavy atom. The summed E-state index contributed by atoms with van der Waals surface area (Å²) in [4.78, 5) is 29.3. The Hall–Kier alpha value is -3.40. The van der Waals surface area contributed by atoms with E-state index in [1.165, 1.54) is 36.2 Å². The van der Waals surface area contributed by atoms with Gasteiger partial charge in [0.1, 0.15) is 11.8 Å². The lowest BCUT2D eigenvalue weighted by molar-refractivity contribution is -0.141. The monoisotopic (exact) mass is 597 g/mol. The molecule has 0 unspecified atom stereocenters. The highest BCUT2D eigenvalue weighted by Crippen LogP contribution is 2.22. The highest BCUT2D eigenvalue weighted by atomic mass is 35.5. The summed E-state index contributed by atoms with van der Waals surface area (Å²) >= 11 is 5.94. The standard InChI is InChI=1S/C31H36ClN3O5S/c1-34(41(38,39)28-17-15-25(32)16-18-28)22-30(36)35(21-24-11-8-14-27(19-24)40-2)29(20-23-9-4-3-5-10-23)31(37)33-26-12-6-7-13-26/h3-5,8-11,14-19,26,29H,6-7,12-13,20-22H2,1-2H3,(H,33,37)/t29-/m0/s1. The zero-order chi connectivity index (χ0) is 29.4. The first-order valence-corrected chi connectivity index (χ1v) is 15.5. The smallest absolute Gasteiger partial charge is 0.243 e. The number of benzene rings is 3. The van der Waals surface area contributed by atoms with Gasteiger partial charge in [0.05, 0.1) is 18.6 Å². The number of carbonyl (C=O) groups is 2. The molecule has 8 nitrogen and oxygen atoms in total. The van der Waals surface area contributed by atoms with Gasteiger partial charge in [-0.1, -0.05) is 66.9 Å². The first-order chi connectivity index (χ1) is 19.7. The van der Waals surface area contributed by atoms with Crippen molar-refractivity contribution in [2.75, 3.05) is 20.7 Å². The van der Waals surface area contributed by atoms with Gasteiger partial charge in [-0.05, 0) is 60.4 Å². The van der Waals surface area contributed by atoms with E-state index >= 15 is 0 Å². The van der Waals surface area contributed by atoms with Crippen molar-refractivity contribution in [2.24, 2.45) is 0 Å². The summed E-state index contributed by atoms with van der Waals surface area (Å²) < 4.78 is 33.0. The van der Waals surface area contributed by atoms with Crippen molar-refractivity contribution < 1.29 is 22.7 Å². The molecule has 3 aromatic carbocycles. The maximum Gasteiger partial charge on any atom is 0.243 e. The van der Waals surface area contributed by atoms with Crippen molar-refractivity contribution in [3.05, 3.63) is 95.0 Å². The number of carbonyl (C=O) groups excluding carboxylic acids is 2. The van der Waals surface area contributed by atoms with Crippen LogP contribution in [0.3, 0.4) is 0 Å². The number of hydrogen-bond donors (Lipinski definition) is 1. The van der Waals surface area contributed by atoms with Gasteiger partial charge in [0.2, 0.25) is 21.8 Å². The maximum atomic E-state index is 14.0. The number of rotatable bonds is 12. The Labute approximate surface area is 247 Å². The van der Waals surface area contributed by atoms with Gasteiger partial charge in [-0.25, -0.2) is 8.42 Å². The van der Waals surface area contributed by atoms with Crippen molar-refractivity contribution in [3.63, 3.8) is 0 Å². The van der Waals surface area contributed by atoms with Crippen LogP contribution in [-0.4, -0.2) is 62.2 Å². The van der Waals surface area contributed by atoms with Crippen LogP contribution in [0.1, 0.15) is 36.8 Å². The maximum absolute atomic E-state index is 14.0. The van der Waals surface area contributed by atoms with E-state index in [1.54, 1.807) is 13.2 Å². The van der Waals surface area contributed by atoms with E-state index in [0.29, 0.717) is 10.8 Å². The number of halogens is 1. The third-order valence-corrected chi connectivity index (χ3v) is 9.41. The zero-order valence-corrected chi connectivity index (χ0v) is 24.9. The van der Waals surface area contributed by atoms with E-state index in [4.69, 9.17) is 16.3 Å². The fraction of sp³-hybridized carbons (Fsp3) is 0.355. The number of hydrogen-bond acceptors (Lipinski definition) is 5. The van der Waals surface area contributed by atoms with E-state index in [2.05, 4.69) is 5.32 Å². The molecule has 0 heterocycles. The van der Waals surface area contributed by atoms with Crippen LogP contribution in [0.15, 0.2) is 83.8 Å². The molecule has 1 fully saturated rings. The summed E-state index contributed by atoms with van der Waals surface area (Å²) in [7, 11) is -1.07. The normalized spacial score (nSPS) is 14.5. The van der Waals surface area contributed by atoms with Gasteiger partial charge < -0.3 is 15.0 Å². The fourth-order valence-corrected chi connectivity index (χ4v) is 6.29. The summed E-state index contributed by atoms with van der Waals surface area (Å²) in [6.07, 6.45) is 4.18. The number of likely N-dealkylation sites (N-methyl/N-ethyl adjacent to an activating group) is 1. The average molecular weight is 598 g/mol. The molecule has 0 aliphatic heterocycles. The molecule has 1 atom stereocenters. The van der Waals surface area contributed by atoms with Gasteiger partial charge >= 0.3 is 0 Å². The van der Waals surface area contributed by atoms with Crippen LogP contribution in [-0.2, 0) is 32.6 Å². The Kier molecular flexibility index (Phi) is 10.4. The van der Waals surface area contributed by atoms with Crippen molar-refractivity contribution >= 4 is 33.4 Å². The molecule has 0 spiro atoms. The van der Waals surface area contributed by atoms with E-state index in [1.807, 2.05) is 48.5 Å². The second-order valence-electron chi connectivity index (χ2n) is 10.3. The van der Waals surface area contributed by atoms with Crippen molar-refractivity contribution in [2.45, 2.75) is 55.6 Å². The van der Waals surface area contributed by atoms with Crippen molar-refractivity contribution in [1.29, 1.82) is 0 Å². The molecule has 0 saturated heterocycles. The van der Waals surface area contributed by atoms with E-state index in [9.17, 15) is 18.0 Å². The Bertz CT molecular complexity index is 1430. The minimum absolute atomic E-state index is 0.0244. The Balaban J connectivity index is 1.67. The predicted molar refractivity (Wildman–Crippen MR) is 159 cm³/mol. The number of methoxy groups -OCH3 is 1. The van der Waals surface area contributed by atoms with Crippen LogP contribution >= 0.6 is 11.6 Å². The second kappa shape index (κ2) is 14.0. The minimum atomic E-state index is -3.98. The largest absolute Gasteiger partial charge is 0.497 e. The lowest BCUT2D eigenvalue weighted by Gasteiger charge is -2.33. The highest BCUT2D eigenvalue weighted by Gasteiger charge is 2.34. The molecule has 3 aromatic rings. The topological polar surface area (TPSA) is 96.0 Å². The third-order valence-electron chi connectivity index (χ3n) is 7.34. The van der Waals surface area contributed by atoms with Crippen LogP contribution in [0.2, 0.25) is 5.02 Å². The molecule has 0 radical (unpaired) electrons. The minimum Gasteiger partial charge on any atom is -0.497 e. The average Bonchev–Trinajstić information content (AvgIpc) is 3.48. The van der Waals surface area contributed by atoms with Gasteiger partial charge in [-0.2, -0.15) is 4.31 Å². The van der Waals surface area contributed by atoms with Crippen LogP contribution < -0.4 is 10.1 Å².